The van der Waals surface area contributed by atoms with Gasteiger partial charge in [0.25, 0.3) is 15.9 Å². The average Bonchev–Trinajstić information content (AvgIpc) is 3.25. The molecule has 2 aromatic rings. The molecule has 2 N–H and O–H groups in total. The Bertz CT molecular complexity index is 1240. The molecular formula is C28H42N4O6S. The maximum Gasteiger partial charge on any atom is 0.267 e. The second-order valence-corrected chi connectivity index (χ2v) is 12.9. The number of nitrogens with one attached hydrogen (secondary N) is 1. The summed E-state index contributed by atoms with van der Waals surface area (Å²) in [5, 5.41) is 13.7. The van der Waals surface area contributed by atoms with E-state index in [1.807, 2.05) is 0 Å². The predicted octanol–water partition coefficient (Wildman–Crippen LogP) is 3.82. The molecule has 1 saturated carbocycles. The van der Waals surface area contributed by atoms with Crippen molar-refractivity contribution in [1.82, 2.24) is 15.0 Å². The highest BCUT2D eigenvalue weighted by molar-refractivity contribution is 7.92. The maximum absolute atomic E-state index is 13.7. The number of aromatic nitrogens is 1. The molecule has 2 aliphatic rings. The molecule has 39 heavy (non-hydrogen) atoms. The Morgan fingerprint density at radius 2 is 1.92 bits per heavy atom. The summed E-state index contributed by atoms with van der Waals surface area (Å²) in [6, 6.07) is 4.33. The highest BCUT2D eigenvalue weighted by Gasteiger charge is 2.34. The number of rotatable bonds is 9. The number of hydrogen-bond acceptors (Lipinski definition) is 8. The monoisotopic (exact) mass is 562 g/mol. The zero-order chi connectivity index (χ0) is 28.3. The smallest absolute Gasteiger partial charge is 0.267 e. The van der Waals surface area contributed by atoms with Crippen LogP contribution in [0.25, 0.3) is 0 Å². The quantitative estimate of drug-likeness (QED) is 0.473. The van der Waals surface area contributed by atoms with Crippen molar-refractivity contribution in [3.63, 3.8) is 0 Å². The third-order valence-electron chi connectivity index (χ3n) is 7.94. The van der Waals surface area contributed by atoms with Crippen LogP contribution < -0.4 is 9.46 Å². The molecule has 0 saturated heterocycles. The van der Waals surface area contributed by atoms with E-state index in [-0.39, 0.29) is 52.1 Å². The summed E-state index contributed by atoms with van der Waals surface area (Å²) in [4.78, 5) is 17.7. The summed E-state index contributed by atoms with van der Waals surface area (Å²) in [5.74, 6) is 0.981. The molecule has 11 heteroatoms. The van der Waals surface area contributed by atoms with Crippen LogP contribution in [0.15, 0.2) is 27.6 Å². The largest absolute Gasteiger partial charge is 0.488 e. The topological polar surface area (TPSA) is 125 Å². The molecule has 0 radical (unpaired) electrons. The fourth-order valence-corrected chi connectivity index (χ4v) is 7.14. The number of hydrogen-bond donors (Lipinski definition) is 2. The SMILES string of the molecule is Cc1noc(C)c1S(=O)(=O)Nc1ccc2c(c1)C(=O)N([C@@H](C)CO)C[C@@H](C)[C@@H](CN(C)CC1CCCCC1)O2. The fourth-order valence-electron chi connectivity index (χ4n) is 5.76. The van der Waals surface area contributed by atoms with Crippen molar-refractivity contribution in [2.75, 3.05) is 38.0 Å². The summed E-state index contributed by atoms with van der Waals surface area (Å²) < 4.78 is 40.3. The van der Waals surface area contributed by atoms with Crippen LogP contribution in [-0.2, 0) is 10.0 Å². The number of amides is 1. The number of aliphatic hydroxyl groups excluding tert-OH is 1. The summed E-state index contributed by atoms with van der Waals surface area (Å²) in [6.45, 7) is 8.92. The second-order valence-electron chi connectivity index (χ2n) is 11.3. The van der Waals surface area contributed by atoms with E-state index in [1.54, 1.807) is 30.9 Å². The molecule has 1 aliphatic carbocycles. The zero-order valence-corrected chi connectivity index (χ0v) is 24.5. The van der Waals surface area contributed by atoms with Crippen LogP contribution in [0.5, 0.6) is 5.75 Å². The van der Waals surface area contributed by atoms with E-state index in [1.165, 1.54) is 45.1 Å². The van der Waals surface area contributed by atoms with E-state index in [2.05, 4.69) is 28.8 Å². The molecule has 0 unspecified atom stereocenters. The van der Waals surface area contributed by atoms with Gasteiger partial charge >= 0.3 is 0 Å². The molecule has 3 atom stereocenters. The molecule has 1 fully saturated rings. The van der Waals surface area contributed by atoms with Crippen molar-refractivity contribution < 1.29 is 27.6 Å². The maximum atomic E-state index is 13.7. The van der Waals surface area contributed by atoms with Crippen LogP contribution in [-0.4, -0.2) is 79.8 Å². The highest BCUT2D eigenvalue weighted by atomic mass is 32.2. The van der Waals surface area contributed by atoms with Gasteiger partial charge in [-0.1, -0.05) is 31.3 Å². The number of anilines is 1. The third-order valence-corrected chi connectivity index (χ3v) is 9.56. The van der Waals surface area contributed by atoms with Gasteiger partial charge in [-0.2, -0.15) is 0 Å². The van der Waals surface area contributed by atoms with Crippen LogP contribution >= 0.6 is 0 Å². The van der Waals surface area contributed by atoms with Gasteiger partial charge in [-0.3, -0.25) is 9.52 Å². The molecule has 10 nitrogen and oxygen atoms in total. The van der Waals surface area contributed by atoms with Gasteiger partial charge in [0.1, 0.15) is 17.5 Å². The van der Waals surface area contributed by atoms with Gasteiger partial charge in [-0.15, -0.1) is 0 Å². The van der Waals surface area contributed by atoms with E-state index in [4.69, 9.17) is 9.26 Å². The van der Waals surface area contributed by atoms with E-state index in [0.717, 1.165) is 6.54 Å². The first kappa shape index (κ1) is 29.4. The van der Waals surface area contributed by atoms with Crippen molar-refractivity contribution in [2.24, 2.45) is 11.8 Å². The van der Waals surface area contributed by atoms with Crippen LogP contribution in [0.2, 0.25) is 0 Å². The van der Waals surface area contributed by atoms with Gasteiger partial charge in [-0.25, -0.2) is 8.42 Å². The van der Waals surface area contributed by atoms with Gasteiger partial charge in [0.05, 0.1) is 18.2 Å². The highest BCUT2D eigenvalue weighted by Crippen LogP contribution is 2.32. The Morgan fingerprint density at radius 3 is 2.56 bits per heavy atom. The minimum absolute atomic E-state index is 0.0163. The van der Waals surface area contributed by atoms with Gasteiger partial charge in [-0.05, 0) is 64.8 Å². The number of nitrogens with zero attached hydrogens (tertiary/aromatic N) is 3. The Hall–Kier alpha value is -2.63. The van der Waals surface area contributed by atoms with E-state index in [0.29, 0.717) is 24.8 Å². The van der Waals surface area contributed by atoms with Gasteiger partial charge in [0.15, 0.2) is 10.7 Å². The van der Waals surface area contributed by atoms with Crippen LogP contribution in [0, 0.1) is 25.7 Å². The summed E-state index contributed by atoms with van der Waals surface area (Å²) >= 11 is 0. The lowest BCUT2D eigenvalue weighted by Crippen LogP contribution is -2.50. The molecule has 0 spiro atoms. The Labute approximate surface area is 231 Å². The van der Waals surface area contributed by atoms with Gasteiger partial charge in [0, 0.05) is 31.2 Å². The molecular weight excluding hydrogens is 520 g/mol. The van der Waals surface area contributed by atoms with Crippen molar-refractivity contribution in [2.45, 2.75) is 76.8 Å². The molecule has 216 valence electrons. The lowest BCUT2D eigenvalue weighted by molar-refractivity contribution is 0.0330. The number of sulfonamides is 1. The number of aliphatic hydroxyl groups is 1. The molecule has 0 bridgehead atoms. The standard InChI is InChI=1S/C28H42N4O6S/c1-18-14-32(19(2)17-33)28(34)24-13-23(30-39(35,36)27-20(3)29-38-21(27)4)11-12-25(24)37-26(18)16-31(5)15-22-9-7-6-8-10-22/h11-13,18-19,22,26,30,33H,6-10,14-17H2,1-5H3/t18-,19+,26-/m1/s1. The minimum Gasteiger partial charge on any atom is -0.488 e. The molecule has 1 amide bonds. The average molecular weight is 563 g/mol. The normalized spacial score (nSPS) is 21.7. The van der Waals surface area contributed by atoms with Gasteiger partial charge in [0.2, 0.25) is 0 Å². The number of fused-ring (bicyclic) bond motifs is 1. The van der Waals surface area contributed by atoms with E-state index < -0.39 is 16.1 Å². The lowest BCUT2D eigenvalue weighted by atomic mass is 9.89. The molecule has 2 heterocycles. The lowest BCUT2D eigenvalue weighted by Gasteiger charge is -2.38. The van der Waals surface area contributed by atoms with E-state index in [9.17, 15) is 18.3 Å². The van der Waals surface area contributed by atoms with E-state index >= 15 is 0 Å². The Balaban J connectivity index is 1.62. The molecule has 4 rings (SSSR count). The summed E-state index contributed by atoms with van der Waals surface area (Å²) in [5.41, 5.74) is 0.728. The molecule has 1 aliphatic heterocycles. The number of carbonyl (C=O) groups excluding carboxylic acids is 1. The number of aryl methyl sites for hydroxylation is 2. The first-order valence-electron chi connectivity index (χ1n) is 13.9. The van der Waals surface area contributed by atoms with Crippen molar-refractivity contribution >= 4 is 21.6 Å². The number of benzene rings is 1. The Kier molecular flexibility index (Phi) is 9.23. The van der Waals surface area contributed by atoms with Gasteiger partial charge < -0.3 is 24.2 Å². The first-order chi connectivity index (χ1) is 18.5. The Morgan fingerprint density at radius 1 is 1.21 bits per heavy atom. The van der Waals surface area contributed by atoms with Crippen LogP contribution in [0.4, 0.5) is 5.69 Å². The zero-order valence-electron chi connectivity index (χ0n) is 23.6. The molecule has 1 aromatic heterocycles. The number of carbonyl (C=O) groups is 1. The summed E-state index contributed by atoms with van der Waals surface area (Å²) in [6.07, 6.45) is 6.24. The van der Waals surface area contributed by atoms with Crippen molar-refractivity contribution in [3.05, 3.63) is 35.2 Å². The third kappa shape index (κ3) is 6.75. The summed E-state index contributed by atoms with van der Waals surface area (Å²) in [7, 11) is -1.87. The first-order valence-corrected chi connectivity index (χ1v) is 15.3. The minimum atomic E-state index is -3.99. The predicted molar refractivity (Wildman–Crippen MR) is 148 cm³/mol. The second kappa shape index (κ2) is 12.3. The van der Waals surface area contributed by atoms with Crippen LogP contribution in [0.1, 0.15) is 67.8 Å². The number of likely N-dealkylation sites (N-methyl/N-ethyl adjacent to an activating group) is 1. The van der Waals surface area contributed by atoms with Crippen molar-refractivity contribution in [3.8, 4) is 5.75 Å². The van der Waals surface area contributed by atoms with Crippen molar-refractivity contribution in [1.29, 1.82) is 0 Å². The van der Waals surface area contributed by atoms with Crippen LogP contribution in [0.3, 0.4) is 0 Å². The number of ether oxygens (including phenoxy) is 1. The molecule has 1 aromatic carbocycles. The fraction of sp³-hybridized carbons (Fsp3) is 0.643.